The molecular formula is C40H42N4O6. The molecule has 0 radical (unpaired) electrons. The van der Waals surface area contributed by atoms with Crippen LogP contribution in [0.4, 0.5) is 11.4 Å². The smallest absolute Gasteiger partial charge is 0.254 e. The molecule has 258 valence electrons. The van der Waals surface area contributed by atoms with Gasteiger partial charge in [-0.2, -0.15) is 0 Å². The van der Waals surface area contributed by atoms with E-state index in [1.165, 1.54) is 12.1 Å². The van der Waals surface area contributed by atoms with E-state index < -0.39 is 11.6 Å². The van der Waals surface area contributed by atoms with Crippen LogP contribution in [0, 0.1) is 0 Å². The lowest BCUT2D eigenvalue weighted by Gasteiger charge is -2.35. The molecule has 50 heavy (non-hydrogen) atoms. The summed E-state index contributed by atoms with van der Waals surface area (Å²) in [6.07, 6.45) is 1.63. The van der Waals surface area contributed by atoms with Crippen molar-refractivity contribution >= 4 is 34.8 Å². The zero-order valence-corrected chi connectivity index (χ0v) is 28.6. The van der Waals surface area contributed by atoms with Crippen LogP contribution in [0.25, 0.3) is 0 Å². The van der Waals surface area contributed by atoms with Crippen molar-refractivity contribution in [1.29, 1.82) is 0 Å². The fourth-order valence-corrected chi connectivity index (χ4v) is 6.28. The van der Waals surface area contributed by atoms with Gasteiger partial charge >= 0.3 is 0 Å². The van der Waals surface area contributed by atoms with E-state index in [1.807, 2.05) is 25.7 Å². The van der Waals surface area contributed by atoms with Gasteiger partial charge in [0.05, 0.1) is 22.3 Å². The molecule has 4 aromatic carbocycles. The van der Waals surface area contributed by atoms with Gasteiger partial charge in [0, 0.05) is 80.4 Å². The van der Waals surface area contributed by atoms with Gasteiger partial charge in [-0.25, -0.2) is 0 Å². The number of piperazine rings is 1. The van der Waals surface area contributed by atoms with Gasteiger partial charge in [0.25, 0.3) is 11.8 Å². The summed E-state index contributed by atoms with van der Waals surface area (Å²) in [5.74, 6) is -2.02. The first kappa shape index (κ1) is 35.4. The third-order valence-corrected chi connectivity index (χ3v) is 9.13. The van der Waals surface area contributed by atoms with Gasteiger partial charge in [0.15, 0.2) is 11.6 Å². The minimum atomic E-state index is -0.483. The first-order valence-corrected chi connectivity index (χ1v) is 16.8. The third-order valence-electron chi connectivity index (χ3n) is 9.13. The number of carbonyl (C=O) groups excluding carboxylic acids is 4. The first-order chi connectivity index (χ1) is 24.1. The van der Waals surface area contributed by atoms with E-state index in [-0.39, 0.29) is 82.9 Å². The maximum Gasteiger partial charge on any atom is 0.254 e. The van der Waals surface area contributed by atoms with Gasteiger partial charge in [0.1, 0.15) is 11.5 Å². The molecule has 0 unspecified atom stereocenters. The molecule has 0 aliphatic carbocycles. The summed E-state index contributed by atoms with van der Waals surface area (Å²) >= 11 is 0. The van der Waals surface area contributed by atoms with E-state index in [0.717, 1.165) is 18.8 Å². The van der Waals surface area contributed by atoms with Crippen molar-refractivity contribution in [3.63, 3.8) is 0 Å². The molecule has 1 fully saturated rings. The van der Waals surface area contributed by atoms with Crippen LogP contribution in [0.15, 0.2) is 97.7 Å². The molecule has 1 heterocycles. The quantitative estimate of drug-likeness (QED) is 0.176. The summed E-state index contributed by atoms with van der Waals surface area (Å²) in [6.45, 7) is 12.7. The number of hydrogen-bond acceptors (Lipinski definition) is 8. The number of phenols is 2. The zero-order valence-electron chi connectivity index (χ0n) is 28.6. The molecule has 0 saturated carbocycles. The molecular weight excluding hydrogens is 632 g/mol. The van der Waals surface area contributed by atoms with E-state index in [9.17, 15) is 29.4 Å². The van der Waals surface area contributed by atoms with E-state index >= 15 is 0 Å². The number of rotatable bonds is 12. The lowest BCUT2D eigenvalue weighted by atomic mass is 9.96. The van der Waals surface area contributed by atoms with Gasteiger partial charge in [0.2, 0.25) is 0 Å². The number of benzene rings is 4. The van der Waals surface area contributed by atoms with Gasteiger partial charge in [-0.05, 0) is 63.4 Å². The Kier molecular flexibility index (Phi) is 11.0. The van der Waals surface area contributed by atoms with Crippen LogP contribution >= 0.6 is 0 Å². The molecule has 0 aromatic heterocycles. The van der Waals surface area contributed by atoms with Crippen LogP contribution in [-0.2, 0) is 0 Å². The molecule has 0 atom stereocenters. The average Bonchev–Trinajstić information content (AvgIpc) is 3.15. The highest BCUT2D eigenvalue weighted by atomic mass is 16.3. The Morgan fingerprint density at radius 2 is 1.00 bits per heavy atom. The highest BCUT2D eigenvalue weighted by Crippen LogP contribution is 2.30. The number of amides is 2. The molecule has 10 heteroatoms. The summed E-state index contributed by atoms with van der Waals surface area (Å²) < 4.78 is 0. The van der Waals surface area contributed by atoms with Gasteiger partial charge in [-0.3, -0.25) is 19.2 Å². The zero-order chi connectivity index (χ0) is 35.9. The fraction of sp³-hybridized carbons (Fsp3) is 0.250. The fourth-order valence-electron chi connectivity index (χ4n) is 6.28. The van der Waals surface area contributed by atoms with Crippen LogP contribution in [0.3, 0.4) is 0 Å². The minimum absolute atomic E-state index is 0.0749. The van der Waals surface area contributed by atoms with E-state index in [4.69, 9.17) is 0 Å². The molecule has 10 nitrogen and oxygen atoms in total. The Balaban J connectivity index is 1.30. The second-order valence-electron chi connectivity index (χ2n) is 11.9. The maximum absolute atomic E-state index is 13.8. The number of nitrogens with zero attached hydrogens (tertiary/aromatic N) is 4. The molecule has 1 aliphatic rings. The molecule has 2 amide bonds. The maximum atomic E-state index is 13.8. The highest BCUT2D eigenvalue weighted by molar-refractivity contribution is 6.17. The predicted octanol–water partition coefficient (Wildman–Crippen LogP) is 5.97. The van der Waals surface area contributed by atoms with Crippen molar-refractivity contribution in [1.82, 2.24) is 9.80 Å². The normalized spacial score (nSPS) is 12.7. The van der Waals surface area contributed by atoms with Crippen molar-refractivity contribution in [3.05, 3.63) is 131 Å². The van der Waals surface area contributed by atoms with E-state index in [1.54, 1.807) is 88.8 Å². The van der Waals surface area contributed by atoms with Gasteiger partial charge in [-0.1, -0.05) is 43.0 Å². The topological polar surface area (TPSA) is 122 Å². The molecule has 1 aliphatic heterocycles. The van der Waals surface area contributed by atoms with Crippen molar-refractivity contribution in [3.8, 4) is 11.5 Å². The molecule has 0 bridgehead atoms. The lowest BCUT2D eigenvalue weighted by Crippen LogP contribution is -2.51. The van der Waals surface area contributed by atoms with Crippen LogP contribution in [0.2, 0.25) is 0 Å². The van der Waals surface area contributed by atoms with E-state index in [0.29, 0.717) is 12.2 Å². The first-order valence-electron chi connectivity index (χ1n) is 16.8. The summed E-state index contributed by atoms with van der Waals surface area (Å²) in [6, 6.07) is 22.7. The lowest BCUT2D eigenvalue weighted by molar-refractivity contribution is 0.0533. The number of ketones is 2. The van der Waals surface area contributed by atoms with Crippen LogP contribution in [-0.4, -0.2) is 89.2 Å². The Morgan fingerprint density at radius 3 is 1.38 bits per heavy atom. The molecule has 1 saturated heterocycles. The minimum Gasteiger partial charge on any atom is -0.507 e. The summed E-state index contributed by atoms with van der Waals surface area (Å²) in [7, 11) is 0. The number of aromatic hydroxyl groups is 2. The number of phenolic OH excluding ortho intramolecular Hbond substituents is 2. The third kappa shape index (κ3) is 7.10. The van der Waals surface area contributed by atoms with E-state index in [2.05, 4.69) is 11.5 Å². The molecule has 2 N–H and O–H groups in total. The summed E-state index contributed by atoms with van der Waals surface area (Å²) in [5.41, 5.74) is 2.41. The Hall–Kier alpha value is -5.90. The van der Waals surface area contributed by atoms with Crippen molar-refractivity contribution < 1.29 is 29.4 Å². The monoisotopic (exact) mass is 674 g/mol. The largest absolute Gasteiger partial charge is 0.507 e. The predicted molar refractivity (Wildman–Crippen MR) is 195 cm³/mol. The van der Waals surface area contributed by atoms with Crippen LogP contribution in [0.1, 0.15) is 73.3 Å². The second kappa shape index (κ2) is 15.5. The number of anilines is 2. The number of carbonyl (C=O) groups is 4. The van der Waals surface area contributed by atoms with Crippen LogP contribution < -0.4 is 9.80 Å². The van der Waals surface area contributed by atoms with Crippen LogP contribution in [0.5, 0.6) is 11.5 Å². The Bertz CT molecular complexity index is 1930. The highest BCUT2D eigenvalue weighted by Gasteiger charge is 2.30. The molecule has 5 rings (SSSR count). The molecule has 0 spiro atoms. The number of hydrogen-bond donors (Lipinski definition) is 2. The Labute approximate surface area is 292 Å². The summed E-state index contributed by atoms with van der Waals surface area (Å²) in [5, 5.41) is 21.5. The van der Waals surface area contributed by atoms with Crippen molar-refractivity contribution in [2.45, 2.75) is 20.8 Å². The van der Waals surface area contributed by atoms with Gasteiger partial charge in [-0.15, -0.1) is 0 Å². The molecule has 4 aromatic rings. The van der Waals surface area contributed by atoms with Crippen molar-refractivity contribution in [2.24, 2.45) is 0 Å². The standard InChI is InChI=1S/C40H42N4O6/c1-5-41(6-2)27-17-19-33(35(45)25-27)37(47)29-13-9-11-15-31(29)39(49)43-21-23-44(24-22-43)40(50)32-16-12-10-14-30(32)38(48)34-20-18-28(26-36(34)46)42(7-3)8-4/h5,9-20,25-26,45-46H,1,6-8,21-24H2,2-4H3. The Morgan fingerprint density at radius 1 is 0.600 bits per heavy atom. The van der Waals surface area contributed by atoms with Gasteiger partial charge < -0.3 is 29.8 Å². The second-order valence-corrected chi connectivity index (χ2v) is 11.9. The SMILES string of the molecule is C=CN(CC)c1ccc(C(=O)c2ccccc2C(=O)N2CCN(C(=O)c3ccccc3C(=O)c3ccc(N(CC)CC)cc3O)CC2)c(O)c1. The van der Waals surface area contributed by atoms with Crippen molar-refractivity contribution in [2.75, 3.05) is 55.6 Å². The average molecular weight is 675 g/mol. The summed E-state index contributed by atoms with van der Waals surface area (Å²) in [4.78, 5) is 61.8.